The molecule has 2 heteroatoms. The van der Waals surface area contributed by atoms with Crippen LogP contribution < -0.4 is 11.3 Å². The van der Waals surface area contributed by atoms with Gasteiger partial charge in [0.05, 0.1) is 0 Å². The molecule has 1 aromatic rings. The fourth-order valence-corrected chi connectivity index (χ4v) is 1.36. The molecule has 3 N–H and O–H groups in total. The highest BCUT2D eigenvalue weighted by atomic mass is 15.2. The SMILES string of the molecule is Cc1cc(C)cc([C@@H](C)NN)c1. The van der Waals surface area contributed by atoms with Crippen molar-refractivity contribution in [3.63, 3.8) is 0 Å². The third kappa shape index (κ3) is 2.06. The highest BCUT2D eigenvalue weighted by molar-refractivity contribution is 5.30. The minimum absolute atomic E-state index is 0.226. The van der Waals surface area contributed by atoms with E-state index in [1.54, 1.807) is 0 Å². The van der Waals surface area contributed by atoms with Crippen molar-refractivity contribution in [1.29, 1.82) is 0 Å². The Kier molecular flexibility index (Phi) is 2.84. The van der Waals surface area contributed by atoms with Crippen LogP contribution in [0.2, 0.25) is 0 Å². The van der Waals surface area contributed by atoms with Crippen molar-refractivity contribution in [3.05, 3.63) is 34.9 Å². The molecule has 0 unspecified atom stereocenters. The summed E-state index contributed by atoms with van der Waals surface area (Å²) in [4.78, 5) is 0. The zero-order chi connectivity index (χ0) is 9.14. The summed E-state index contributed by atoms with van der Waals surface area (Å²) in [5.41, 5.74) is 6.55. The largest absolute Gasteiger partial charge is 0.271 e. The monoisotopic (exact) mass is 164 g/mol. The van der Waals surface area contributed by atoms with E-state index in [1.165, 1.54) is 16.7 Å². The van der Waals surface area contributed by atoms with Crippen molar-refractivity contribution in [1.82, 2.24) is 5.43 Å². The van der Waals surface area contributed by atoms with Gasteiger partial charge in [-0.25, -0.2) is 0 Å². The van der Waals surface area contributed by atoms with E-state index in [2.05, 4.69) is 37.5 Å². The van der Waals surface area contributed by atoms with Crippen molar-refractivity contribution in [2.45, 2.75) is 26.8 Å². The lowest BCUT2D eigenvalue weighted by Crippen LogP contribution is -2.25. The molecule has 1 atom stereocenters. The van der Waals surface area contributed by atoms with Crippen LogP contribution in [0.1, 0.15) is 29.7 Å². The molecule has 0 aliphatic carbocycles. The van der Waals surface area contributed by atoms with Gasteiger partial charge in [-0.1, -0.05) is 29.3 Å². The number of nitrogens with two attached hydrogens (primary N) is 1. The van der Waals surface area contributed by atoms with E-state index in [1.807, 2.05) is 6.92 Å². The molecule has 0 aromatic heterocycles. The van der Waals surface area contributed by atoms with E-state index >= 15 is 0 Å². The van der Waals surface area contributed by atoms with Crippen LogP contribution >= 0.6 is 0 Å². The highest BCUT2D eigenvalue weighted by Crippen LogP contribution is 2.15. The summed E-state index contributed by atoms with van der Waals surface area (Å²) in [6.45, 7) is 6.24. The maximum atomic E-state index is 5.35. The lowest BCUT2D eigenvalue weighted by Gasteiger charge is -2.11. The highest BCUT2D eigenvalue weighted by Gasteiger charge is 2.02. The first-order valence-corrected chi connectivity index (χ1v) is 4.18. The predicted octanol–water partition coefficient (Wildman–Crippen LogP) is 1.83. The van der Waals surface area contributed by atoms with Crippen LogP contribution in [0.15, 0.2) is 18.2 Å². The summed E-state index contributed by atoms with van der Waals surface area (Å²) in [5, 5.41) is 0. The Morgan fingerprint density at radius 1 is 1.17 bits per heavy atom. The second-order valence-corrected chi connectivity index (χ2v) is 3.31. The van der Waals surface area contributed by atoms with Gasteiger partial charge in [-0.3, -0.25) is 11.3 Å². The third-order valence-corrected chi connectivity index (χ3v) is 1.99. The standard InChI is InChI=1S/C10H16N2/c1-7-4-8(2)6-10(5-7)9(3)12-11/h4-6,9,12H,11H2,1-3H3/t9-/m1/s1. The molecule has 1 aromatic carbocycles. The van der Waals surface area contributed by atoms with Gasteiger partial charge in [0.1, 0.15) is 0 Å². The van der Waals surface area contributed by atoms with E-state index in [9.17, 15) is 0 Å². The molecule has 0 saturated heterocycles. The smallest absolute Gasteiger partial charge is 0.0432 e. The minimum Gasteiger partial charge on any atom is -0.271 e. The van der Waals surface area contributed by atoms with Gasteiger partial charge in [0, 0.05) is 6.04 Å². The van der Waals surface area contributed by atoms with Gasteiger partial charge in [0.2, 0.25) is 0 Å². The Labute approximate surface area is 73.8 Å². The normalized spacial score (nSPS) is 13.0. The molecule has 0 aliphatic heterocycles. The van der Waals surface area contributed by atoms with E-state index in [0.717, 1.165) is 0 Å². The van der Waals surface area contributed by atoms with Gasteiger partial charge in [-0.05, 0) is 26.3 Å². The van der Waals surface area contributed by atoms with Crippen LogP contribution in [0.4, 0.5) is 0 Å². The number of rotatable bonds is 2. The molecular weight excluding hydrogens is 148 g/mol. The van der Waals surface area contributed by atoms with E-state index in [-0.39, 0.29) is 6.04 Å². The van der Waals surface area contributed by atoms with Gasteiger partial charge < -0.3 is 0 Å². The fraction of sp³-hybridized carbons (Fsp3) is 0.400. The molecule has 0 aliphatic rings. The van der Waals surface area contributed by atoms with Crippen molar-refractivity contribution >= 4 is 0 Å². The molecule has 0 radical (unpaired) electrons. The van der Waals surface area contributed by atoms with Gasteiger partial charge >= 0.3 is 0 Å². The second kappa shape index (κ2) is 3.70. The zero-order valence-electron chi connectivity index (χ0n) is 7.89. The molecule has 66 valence electrons. The Hall–Kier alpha value is -0.860. The first kappa shape index (κ1) is 9.23. The number of hydrazine groups is 1. The Balaban J connectivity index is 3.00. The van der Waals surface area contributed by atoms with Crippen molar-refractivity contribution in [3.8, 4) is 0 Å². The summed E-state index contributed by atoms with van der Waals surface area (Å²) in [6, 6.07) is 6.69. The zero-order valence-corrected chi connectivity index (χ0v) is 7.89. The number of hydrogen-bond acceptors (Lipinski definition) is 2. The van der Waals surface area contributed by atoms with E-state index < -0.39 is 0 Å². The average Bonchev–Trinajstić information content (AvgIpc) is 2.01. The van der Waals surface area contributed by atoms with E-state index in [4.69, 9.17) is 5.84 Å². The summed E-state index contributed by atoms with van der Waals surface area (Å²) < 4.78 is 0. The number of aryl methyl sites for hydroxylation is 2. The third-order valence-electron chi connectivity index (χ3n) is 1.99. The van der Waals surface area contributed by atoms with Crippen molar-refractivity contribution < 1.29 is 0 Å². The molecule has 0 bridgehead atoms. The van der Waals surface area contributed by atoms with Gasteiger partial charge in [0.15, 0.2) is 0 Å². The molecule has 0 heterocycles. The van der Waals surface area contributed by atoms with E-state index in [0.29, 0.717) is 0 Å². The van der Waals surface area contributed by atoms with Gasteiger partial charge in [-0.15, -0.1) is 0 Å². The molecule has 1 rings (SSSR count). The first-order chi connectivity index (χ1) is 5.63. The molecule has 0 fully saturated rings. The summed E-state index contributed by atoms with van der Waals surface area (Å²) in [6.07, 6.45) is 0. The van der Waals surface area contributed by atoms with Crippen LogP contribution in [-0.4, -0.2) is 0 Å². The molecular formula is C10H16N2. The predicted molar refractivity (Wildman–Crippen MR) is 51.7 cm³/mol. The minimum atomic E-state index is 0.226. The van der Waals surface area contributed by atoms with Crippen LogP contribution in [0, 0.1) is 13.8 Å². The Morgan fingerprint density at radius 2 is 1.67 bits per heavy atom. The molecule has 0 saturated carbocycles. The topological polar surface area (TPSA) is 38.0 Å². The lowest BCUT2D eigenvalue weighted by atomic mass is 10.0. The van der Waals surface area contributed by atoms with Crippen molar-refractivity contribution in [2.24, 2.45) is 5.84 Å². The van der Waals surface area contributed by atoms with Crippen LogP contribution in [0.5, 0.6) is 0 Å². The summed E-state index contributed by atoms with van der Waals surface area (Å²) in [7, 11) is 0. The molecule has 2 nitrogen and oxygen atoms in total. The molecule has 0 spiro atoms. The van der Waals surface area contributed by atoms with Crippen LogP contribution in [-0.2, 0) is 0 Å². The first-order valence-electron chi connectivity index (χ1n) is 4.18. The maximum absolute atomic E-state index is 5.35. The fourth-order valence-electron chi connectivity index (χ4n) is 1.36. The van der Waals surface area contributed by atoms with Crippen molar-refractivity contribution in [2.75, 3.05) is 0 Å². The molecule has 0 amide bonds. The summed E-state index contributed by atoms with van der Waals surface area (Å²) >= 11 is 0. The average molecular weight is 164 g/mol. The number of benzene rings is 1. The quantitative estimate of drug-likeness (QED) is 0.517. The number of nitrogens with one attached hydrogen (secondary N) is 1. The lowest BCUT2D eigenvalue weighted by molar-refractivity contribution is 0.602. The molecule has 12 heavy (non-hydrogen) atoms. The summed E-state index contributed by atoms with van der Waals surface area (Å²) in [5.74, 6) is 5.35. The van der Waals surface area contributed by atoms with Crippen LogP contribution in [0.25, 0.3) is 0 Å². The van der Waals surface area contributed by atoms with Crippen LogP contribution in [0.3, 0.4) is 0 Å². The van der Waals surface area contributed by atoms with Gasteiger partial charge in [0.25, 0.3) is 0 Å². The Morgan fingerprint density at radius 3 is 2.08 bits per heavy atom. The Bertz CT molecular complexity index is 248. The second-order valence-electron chi connectivity index (χ2n) is 3.31. The maximum Gasteiger partial charge on any atom is 0.0432 e. The van der Waals surface area contributed by atoms with Gasteiger partial charge in [-0.2, -0.15) is 0 Å². The number of hydrogen-bond donors (Lipinski definition) is 2.